The molecule has 0 aliphatic carbocycles. The van der Waals surface area contributed by atoms with Gasteiger partial charge in [-0.05, 0) is 25.8 Å². The van der Waals surface area contributed by atoms with E-state index in [2.05, 4.69) is 24.4 Å². The molecule has 0 bridgehead atoms. The van der Waals surface area contributed by atoms with Gasteiger partial charge in [0.2, 0.25) is 0 Å². The van der Waals surface area contributed by atoms with Gasteiger partial charge in [-0.1, -0.05) is 30.3 Å². The first-order valence-electron chi connectivity index (χ1n) is 7.27. The summed E-state index contributed by atoms with van der Waals surface area (Å²) in [6, 6.07) is 10.6. The predicted octanol–water partition coefficient (Wildman–Crippen LogP) is 2.31. The van der Waals surface area contributed by atoms with E-state index in [1.807, 2.05) is 25.1 Å². The molecule has 1 aromatic carbocycles. The summed E-state index contributed by atoms with van der Waals surface area (Å²) >= 11 is 0. The van der Waals surface area contributed by atoms with Crippen LogP contribution in [-0.2, 0) is 14.3 Å². The van der Waals surface area contributed by atoms with Crippen molar-refractivity contribution in [3.05, 3.63) is 35.9 Å². The fourth-order valence-corrected chi connectivity index (χ4v) is 2.58. The SMILES string of the molecule is CCOC(=O)[C@H]1COCC[C@H]1NC(C)c1ccccc1. The van der Waals surface area contributed by atoms with Crippen LogP contribution in [0.1, 0.15) is 31.9 Å². The van der Waals surface area contributed by atoms with Crippen LogP contribution in [0.3, 0.4) is 0 Å². The van der Waals surface area contributed by atoms with Gasteiger partial charge in [-0.3, -0.25) is 4.79 Å². The van der Waals surface area contributed by atoms with Crippen LogP contribution in [0.4, 0.5) is 0 Å². The van der Waals surface area contributed by atoms with Gasteiger partial charge >= 0.3 is 5.97 Å². The van der Waals surface area contributed by atoms with Crippen LogP contribution in [0.25, 0.3) is 0 Å². The molecule has 2 rings (SSSR count). The topological polar surface area (TPSA) is 47.6 Å². The second-order valence-corrected chi connectivity index (χ2v) is 5.13. The Morgan fingerprint density at radius 3 is 2.90 bits per heavy atom. The number of hydrogen-bond donors (Lipinski definition) is 1. The third kappa shape index (κ3) is 3.81. The highest BCUT2D eigenvalue weighted by Gasteiger charge is 2.33. The van der Waals surface area contributed by atoms with Gasteiger partial charge in [-0.2, -0.15) is 0 Å². The van der Waals surface area contributed by atoms with Crippen molar-refractivity contribution >= 4 is 5.97 Å². The number of carbonyl (C=O) groups is 1. The predicted molar refractivity (Wildman–Crippen MR) is 77.3 cm³/mol. The molecule has 0 amide bonds. The first-order valence-corrected chi connectivity index (χ1v) is 7.27. The minimum absolute atomic E-state index is 0.109. The quantitative estimate of drug-likeness (QED) is 0.839. The van der Waals surface area contributed by atoms with Gasteiger partial charge in [0.05, 0.1) is 19.1 Å². The van der Waals surface area contributed by atoms with Crippen molar-refractivity contribution in [2.24, 2.45) is 5.92 Å². The summed E-state index contributed by atoms with van der Waals surface area (Å²) in [7, 11) is 0. The average Bonchev–Trinajstić information content (AvgIpc) is 2.49. The Labute approximate surface area is 120 Å². The minimum Gasteiger partial charge on any atom is -0.466 e. The molecule has 1 unspecified atom stereocenters. The second-order valence-electron chi connectivity index (χ2n) is 5.13. The first kappa shape index (κ1) is 15.0. The summed E-state index contributed by atoms with van der Waals surface area (Å²) in [6.45, 7) is 5.49. The molecule has 20 heavy (non-hydrogen) atoms. The van der Waals surface area contributed by atoms with Crippen LogP contribution in [0.2, 0.25) is 0 Å². The van der Waals surface area contributed by atoms with E-state index in [-0.39, 0.29) is 24.0 Å². The van der Waals surface area contributed by atoms with Gasteiger partial charge in [-0.15, -0.1) is 0 Å². The van der Waals surface area contributed by atoms with Crippen molar-refractivity contribution in [1.29, 1.82) is 0 Å². The van der Waals surface area contributed by atoms with Gasteiger partial charge in [0.1, 0.15) is 0 Å². The maximum absolute atomic E-state index is 12.0. The van der Waals surface area contributed by atoms with Gasteiger partial charge in [0.25, 0.3) is 0 Å². The lowest BCUT2D eigenvalue weighted by Gasteiger charge is -2.33. The Morgan fingerprint density at radius 2 is 2.20 bits per heavy atom. The van der Waals surface area contributed by atoms with Crippen molar-refractivity contribution in [3.8, 4) is 0 Å². The van der Waals surface area contributed by atoms with E-state index in [9.17, 15) is 4.79 Å². The molecule has 1 aromatic rings. The highest BCUT2D eigenvalue weighted by molar-refractivity contribution is 5.73. The zero-order valence-corrected chi connectivity index (χ0v) is 12.2. The van der Waals surface area contributed by atoms with Crippen molar-refractivity contribution in [1.82, 2.24) is 5.32 Å². The fraction of sp³-hybridized carbons (Fsp3) is 0.562. The molecule has 1 aliphatic heterocycles. The smallest absolute Gasteiger partial charge is 0.312 e. The zero-order chi connectivity index (χ0) is 14.4. The van der Waals surface area contributed by atoms with Gasteiger partial charge in [0, 0.05) is 18.7 Å². The van der Waals surface area contributed by atoms with Crippen LogP contribution in [0.15, 0.2) is 30.3 Å². The molecule has 0 radical (unpaired) electrons. The Bertz CT molecular complexity index is 421. The average molecular weight is 277 g/mol. The van der Waals surface area contributed by atoms with Crippen LogP contribution in [0, 0.1) is 5.92 Å². The largest absolute Gasteiger partial charge is 0.466 e. The monoisotopic (exact) mass is 277 g/mol. The fourth-order valence-electron chi connectivity index (χ4n) is 2.58. The third-order valence-electron chi connectivity index (χ3n) is 3.71. The number of carbonyl (C=O) groups excluding carboxylic acids is 1. The molecule has 4 nitrogen and oxygen atoms in total. The number of nitrogens with one attached hydrogen (secondary N) is 1. The molecule has 0 aromatic heterocycles. The molecule has 3 atom stereocenters. The summed E-state index contributed by atoms with van der Waals surface area (Å²) in [5.74, 6) is -0.375. The Kier molecular flexibility index (Phi) is 5.56. The highest BCUT2D eigenvalue weighted by atomic mass is 16.5. The van der Waals surface area contributed by atoms with Crippen molar-refractivity contribution in [3.63, 3.8) is 0 Å². The number of benzene rings is 1. The molecule has 1 fully saturated rings. The van der Waals surface area contributed by atoms with Crippen LogP contribution in [0.5, 0.6) is 0 Å². The Morgan fingerprint density at radius 1 is 1.45 bits per heavy atom. The first-order chi connectivity index (χ1) is 9.72. The molecule has 4 heteroatoms. The Hall–Kier alpha value is -1.39. The highest BCUT2D eigenvalue weighted by Crippen LogP contribution is 2.21. The van der Waals surface area contributed by atoms with Gasteiger partial charge < -0.3 is 14.8 Å². The molecule has 1 aliphatic rings. The van der Waals surface area contributed by atoms with E-state index in [0.29, 0.717) is 19.8 Å². The normalized spacial score (nSPS) is 24.1. The lowest BCUT2D eigenvalue weighted by Crippen LogP contribution is -2.47. The molecule has 110 valence electrons. The van der Waals surface area contributed by atoms with Gasteiger partial charge in [0.15, 0.2) is 0 Å². The molecule has 0 saturated carbocycles. The lowest BCUT2D eigenvalue weighted by molar-refractivity contribution is -0.154. The third-order valence-corrected chi connectivity index (χ3v) is 3.71. The van der Waals surface area contributed by atoms with E-state index in [1.54, 1.807) is 0 Å². The molecular formula is C16H23NO3. The number of ether oxygens (including phenoxy) is 2. The standard InChI is InChI=1S/C16H23NO3/c1-3-20-16(18)14-11-19-10-9-15(14)17-12(2)13-7-5-4-6-8-13/h4-8,12,14-15,17H,3,9-11H2,1-2H3/t12?,14-,15+/m0/s1. The van der Waals surface area contributed by atoms with Crippen LogP contribution < -0.4 is 5.32 Å². The summed E-state index contributed by atoms with van der Waals surface area (Å²) in [4.78, 5) is 12.0. The van der Waals surface area contributed by atoms with Crippen molar-refractivity contribution in [2.45, 2.75) is 32.4 Å². The van der Waals surface area contributed by atoms with Crippen molar-refractivity contribution in [2.75, 3.05) is 19.8 Å². The maximum atomic E-state index is 12.0. The summed E-state index contributed by atoms with van der Waals surface area (Å²) in [6.07, 6.45) is 0.834. The van der Waals surface area contributed by atoms with E-state index >= 15 is 0 Å². The Balaban J connectivity index is 2.00. The molecule has 0 spiro atoms. The molecule has 1 heterocycles. The van der Waals surface area contributed by atoms with Crippen molar-refractivity contribution < 1.29 is 14.3 Å². The molecule has 1 saturated heterocycles. The summed E-state index contributed by atoms with van der Waals surface area (Å²) < 4.78 is 10.6. The summed E-state index contributed by atoms with van der Waals surface area (Å²) in [5, 5.41) is 3.54. The second kappa shape index (κ2) is 7.41. The zero-order valence-electron chi connectivity index (χ0n) is 12.2. The van der Waals surface area contributed by atoms with Gasteiger partial charge in [-0.25, -0.2) is 0 Å². The maximum Gasteiger partial charge on any atom is 0.312 e. The lowest BCUT2D eigenvalue weighted by atomic mass is 9.94. The van der Waals surface area contributed by atoms with E-state index in [4.69, 9.17) is 9.47 Å². The van der Waals surface area contributed by atoms with Crippen LogP contribution in [-0.4, -0.2) is 31.8 Å². The summed E-state index contributed by atoms with van der Waals surface area (Å²) in [5.41, 5.74) is 1.22. The minimum atomic E-state index is -0.213. The number of hydrogen-bond acceptors (Lipinski definition) is 4. The van der Waals surface area contributed by atoms with E-state index in [1.165, 1.54) is 5.56 Å². The molecule has 1 N–H and O–H groups in total. The number of rotatable bonds is 5. The molecular weight excluding hydrogens is 254 g/mol. The number of esters is 1. The van der Waals surface area contributed by atoms with E-state index < -0.39 is 0 Å². The van der Waals surface area contributed by atoms with Crippen LogP contribution >= 0.6 is 0 Å². The van der Waals surface area contributed by atoms with E-state index in [0.717, 1.165) is 6.42 Å².